The molecule has 0 saturated carbocycles. The summed E-state index contributed by atoms with van der Waals surface area (Å²) in [6.07, 6.45) is 1.45. The lowest BCUT2D eigenvalue weighted by molar-refractivity contribution is -0.0623. The van der Waals surface area contributed by atoms with Gasteiger partial charge in [-0.2, -0.15) is 0 Å². The van der Waals surface area contributed by atoms with Crippen molar-refractivity contribution in [2.75, 3.05) is 38.7 Å². The minimum absolute atomic E-state index is 0.0425. The molecule has 4 aromatic rings. The van der Waals surface area contributed by atoms with Crippen molar-refractivity contribution < 1.29 is 18.7 Å². The van der Waals surface area contributed by atoms with Crippen molar-refractivity contribution in [1.29, 1.82) is 0 Å². The van der Waals surface area contributed by atoms with Crippen LogP contribution in [-0.2, 0) is 16.2 Å². The van der Waals surface area contributed by atoms with Crippen LogP contribution >= 0.6 is 11.6 Å². The number of fused-ring (bicyclic) bond motifs is 1. The number of anilines is 2. The lowest BCUT2D eigenvalue weighted by Gasteiger charge is -2.29. The van der Waals surface area contributed by atoms with Crippen molar-refractivity contribution in [2.45, 2.75) is 19.6 Å². The van der Waals surface area contributed by atoms with Crippen LogP contribution in [-0.4, -0.2) is 60.0 Å². The van der Waals surface area contributed by atoms with Gasteiger partial charge in [0.15, 0.2) is 5.71 Å². The highest BCUT2D eigenvalue weighted by Crippen LogP contribution is 2.31. The van der Waals surface area contributed by atoms with Gasteiger partial charge in [-0.05, 0) is 74.0 Å². The highest BCUT2D eigenvalue weighted by atomic mass is 35.5. The molecule has 0 radical (unpaired) electrons. The van der Waals surface area contributed by atoms with E-state index in [9.17, 15) is 4.39 Å². The van der Waals surface area contributed by atoms with Gasteiger partial charge < -0.3 is 24.5 Å². The van der Waals surface area contributed by atoms with Gasteiger partial charge in [-0.3, -0.25) is 0 Å². The largest absolute Gasteiger partial charge is 0.487 e. The fourth-order valence-electron chi connectivity index (χ4n) is 4.34. The monoisotopic (exact) mass is 573 g/mol. The van der Waals surface area contributed by atoms with Gasteiger partial charge in [0, 0.05) is 29.7 Å². The summed E-state index contributed by atoms with van der Waals surface area (Å²) in [4.78, 5) is 16.7. The molecule has 1 fully saturated rings. The number of morpholine rings is 1. The van der Waals surface area contributed by atoms with Crippen LogP contribution in [0.5, 0.6) is 5.75 Å². The molecule has 5 rings (SSSR count). The Morgan fingerprint density at radius 3 is 2.90 bits per heavy atom. The maximum absolute atomic E-state index is 13.5. The minimum atomic E-state index is -0.313. The highest BCUT2D eigenvalue weighted by Gasteiger charge is 2.18. The second kappa shape index (κ2) is 13.4. The summed E-state index contributed by atoms with van der Waals surface area (Å²) < 4.78 is 25.0. The van der Waals surface area contributed by atoms with Crippen LogP contribution in [0.3, 0.4) is 0 Å². The molecule has 1 saturated heterocycles. The van der Waals surface area contributed by atoms with Gasteiger partial charge in [0.2, 0.25) is 0 Å². The SMILES string of the molecule is CC#C/C(=N\OC[C@@H]1CN(C)CCO1)c1ccc2ncnc(Nc3ccc(OCc4cccc(F)c4)c(Cl)c3)c2c1. The maximum atomic E-state index is 13.5. The smallest absolute Gasteiger partial charge is 0.159 e. The number of nitrogens with zero attached hydrogens (tertiary/aromatic N) is 4. The van der Waals surface area contributed by atoms with Crippen LogP contribution in [0.1, 0.15) is 18.1 Å². The first kappa shape index (κ1) is 28.3. The Kier molecular flexibility index (Phi) is 9.26. The zero-order chi connectivity index (χ0) is 28.6. The number of oxime groups is 1. The van der Waals surface area contributed by atoms with E-state index in [-0.39, 0.29) is 18.5 Å². The Morgan fingerprint density at radius 1 is 1.20 bits per heavy atom. The number of benzene rings is 3. The van der Waals surface area contributed by atoms with Gasteiger partial charge in [0.25, 0.3) is 0 Å². The van der Waals surface area contributed by atoms with Crippen molar-refractivity contribution in [3.05, 3.63) is 89.0 Å². The van der Waals surface area contributed by atoms with Crippen LogP contribution < -0.4 is 10.1 Å². The number of hydrogen-bond donors (Lipinski definition) is 1. The second-order valence-electron chi connectivity index (χ2n) is 9.51. The minimum Gasteiger partial charge on any atom is -0.487 e. The normalized spacial score (nSPS) is 15.7. The Hall–Kier alpha value is -4.23. The van der Waals surface area contributed by atoms with E-state index in [1.165, 1.54) is 18.5 Å². The molecule has 41 heavy (non-hydrogen) atoms. The Bertz CT molecular complexity index is 1620. The van der Waals surface area contributed by atoms with Gasteiger partial charge in [0.1, 0.15) is 43.0 Å². The van der Waals surface area contributed by atoms with Crippen molar-refractivity contribution in [1.82, 2.24) is 14.9 Å². The molecule has 1 atom stereocenters. The molecule has 8 nitrogen and oxygen atoms in total. The lowest BCUT2D eigenvalue weighted by atomic mass is 10.1. The van der Waals surface area contributed by atoms with E-state index in [0.717, 1.165) is 29.6 Å². The predicted octanol–water partition coefficient (Wildman–Crippen LogP) is 5.82. The van der Waals surface area contributed by atoms with E-state index >= 15 is 0 Å². The number of halogens is 2. The number of ether oxygens (including phenoxy) is 2. The number of hydrogen-bond acceptors (Lipinski definition) is 8. The fourth-order valence-corrected chi connectivity index (χ4v) is 4.58. The van der Waals surface area contributed by atoms with Crippen LogP contribution in [0, 0.1) is 17.7 Å². The van der Waals surface area contributed by atoms with Gasteiger partial charge in [-0.1, -0.05) is 34.8 Å². The van der Waals surface area contributed by atoms with Gasteiger partial charge in [-0.25, -0.2) is 14.4 Å². The number of aromatic nitrogens is 2. The Labute approximate surface area is 243 Å². The molecule has 10 heteroatoms. The van der Waals surface area contributed by atoms with E-state index in [1.807, 2.05) is 24.3 Å². The maximum Gasteiger partial charge on any atom is 0.159 e. The summed E-state index contributed by atoms with van der Waals surface area (Å²) in [7, 11) is 2.06. The molecule has 0 unspecified atom stereocenters. The molecule has 2 heterocycles. The van der Waals surface area contributed by atoms with Gasteiger partial charge in [0.05, 0.1) is 17.1 Å². The summed E-state index contributed by atoms with van der Waals surface area (Å²) >= 11 is 6.50. The molecule has 0 spiro atoms. The molecule has 1 N–H and O–H groups in total. The van der Waals surface area contributed by atoms with Crippen molar-refractivity contribution in [3.8, 4) is 17.6 Å². The molecule has 210 valence electrons. The highest BCUT2D eigenvalue weighted by molar-refractivity contribution is 6.32. The average Bonchev–Trinajstić information content (AvgIpc) is 2.96. The molecule has 1 aliphatic rings. The zero-order valence-corrected chi connectivity index (χ0v) is 23.5. The predicted molar refractivity (Wildman–Crippen MR) is 158 cm³/mol. The fraction of sp³-hybridized carbons (Fsp3) is 0.258. The molecular weight excluding hydrogens is 545 g/mol. The zero-order valence-electron chi connectivity index (χ0n) is 22.7. The summed E-state index contributed by atoms with van der Waals surface area (Å²) in [5.74, 6) is 6.70. The van der Waals surface area contributed by atoms with Crippen molar-refractivity contribution in [3.63, 3.8) is 0 Å². The third-order valence-electron chi connectivity index (χ3n) is 6.39. The molecule has 0 amide bonds. The van der Waals surface area contributed by atoms with Crippen LogP contribution in [0.2, 0.25) is 5.02 Å². The lowest BCUT2D eigenvalue weighted by Crippen LogP contribution is -2.42. The summed E-state index contributed by atoms with van der Waals surface area (Å²) in [5.41, 5.74) is 3.43. The van der Waals surface area contributed by atoms with E-state index in [2.05, 4.69) is 44.2 Å². The Morgan fingerprint density at radius 2 is 2.10 bits per heavy atom. The van der Waals surface area contributed by atoms with E-state index in [1.54, 1.807) is 31.2 Å². The second-order valence-corrected chi connectivity index (χ2v) is 9.92. The van der Waals surface area contributed by atoms with Crippen LogP contribution in [0.25, 0.3) is 10.9 Å². The van der Waals surface area contributed by atoms with Crippen molar-refractivity contribution in [2.24, 2.45) is 5.16 Å². The first-order valence-corrected chi connectivity index (χ1v) is 13.5. The van der Waals surface area contributed by atoms with Crippen molar-refractivity contribution >= 4 is 39.7 Å². The first-order valence-electron chi connectivity index (χ1n) is 13.1. The number of rotatable bonds is 9. The molecular formula is C31H29ClFN5O3. The van der Waals surface area contributed by atoms with E-state index in [4.69, 9.17) is 25.9 Å². The summed E-state index contributed by atoms with van der Waals surface area (Å²) in [5, 5.41) is 8.81. The molecule has 3 aromatic carbocycles. The molecule has 0 bridgehead atoms. The molecule has 1 aromatic heterocycles. The summed E-state index contributed by atoms with van der Waals surface area (Å²) in [6.45, 7) is 4.65. The summed E-state index contributed by atoms with van der Waals surface area (Å²) in [6, 6.07) is 17.3. The van der Waals surface area contributed by atoms with E-state index < -0.39 is 0 Å². The van der Waals surface area contributed by atoms with Gasteiger partial charge in [-0.15, -0.1) is 0 Å². The first-order chi connectivity index (χ1) is 20.0. The van der Waals surface area contributed by atoms with Gasteiger partial charge >= 0.3 is 0 Å². The third-order valence-corrected chi connectivity index (χ3v) is 6.68. The Balaban J connectivity index is 1.32. The molecule has 0 aliphatic carbocycles. The average molecular weight is 574 g/mol. The third kappa shape index (κ3) is 7.50. The van der Waals surface area contributed by atoms with Crippen LogP contribution in [0.15, 0.2) is 72.1 Å². The quantitative estimate of drug-likeness (QED) is 0.153. The van der Waals surface area contributed by atoms with Crippen LogP contribution in [0.4, 0.5) is 15.9 Å². The standard InChI is InChI=1S/C31H29ClFN5O3/c1-3-5-28(37-41-19-25-17-38(2)12-13-39-25)22-8-10-29-26(15-22)31(35-20-34-29)36-24-9-11-30(27(32)16-24)40-18-21-6-4-7-23(33)14-21/h4,6-11,14-16,20,25H,12-13,17-19H2,1-2H3,(H,34,35,36)/b37-28+/t25-/m0/s1. The topological polar surface area (TPSA) is 81.1 Å². The number of nitrogens with one attached hydrogen (secondary N) is 1. The number of likely N-dealkylation sites (N-methyl/N-ethyl adjacent to an activating group) is 1. The van der Waals surface area contributed by atoms with E-state index in [0.29, 0.717) is 46.8 Å². The molecule has 1 aliphatic heterocycles.